The van der Waals surface area contributed by atoms with Crippen LogP contribution >= 0.6 is 12.4 Å². The minimum Gasteiger partial charge on any atom is -0.338 e. The summed E-state index contributed by atoms with van der Waals surface area (Å²) in [6.07, 6.45) is 9.26. The maximum atomic E-state index is 13.0. The normalized spacial score (nSPS) is 29.7. The lowest BCUT2D eigenvalue weighted by atomic mass is 9.59. The van der Waals surface area contributed by atoms with Crippen LogP contribution in [0, 0.1) is 10.8 Å². The molecule has 30 heavy (non-hydrogen) atoms. The van der Waals surface area contributed by atoms with Crippen LogP contribution in [-0.2, 0) is 9.59 Å². The number of nitrogens with zero attached hydrogens (tertiary/aromatic N) is 5. The number of piperazine rings is 1. The van der Waals surface area contributed by atoms with E-state index >= 15 is 0 Å². The van der Waals surface area contributed by atoms with E-state index < -0.39 is 10.8 Å². The van der Waals surface area contributed by atoms with Gasteiger partial charge in [-0.1, -0.05) is 12.8 Å². The van der Waals surface area contributed by atoms with Crippen molar-refractivity contribution in [3.63, 3.8) is 0 Å². The van der Waals surface area contributed by atoms with Crippen molar-refractivity contribution in [2.45, 2.75) is 52.4 Å². The molecule has 1 aliphatic carbocycles. The standard InChI is InChI=1S/C22H33N5O2.ClH/c1-21-8-3-4-9-22(21,2)19(29)27(18(21)28)13-6-5-12-25-14-16-26(17-15-25)20-23-10-7-11-24-20;/h7,10-11H,3-6,8-9,12-17H2,1-2H3;1H. The molecule has 0 radical (unpaired) electrons. The van der Waals surface area contributed by atoms with E-state index in [1.165, 1.54) is 0 Å². The molecule has 0 spiro atoms. The summed E-state index contributed by atoms with van der Waals surface area (Å²) in [7, 11) is 0. The zero-order valence-electron chi connectivity index (χ0n) is 18.2. The number of likely N-dealkylation sites (tertiary alicyclic amines) is 1. The van der Waals surface area contributed by atoms with Crippen LogP contribution in [0.25, 0.3) is 0 Å². The van der Waals surface area contributed by atoms with Gasteiger partial charge >= 0.3 is 0 Å². The molecule has 8 heteroatoms. The molecular weight excluding hydrogens is 402 g/mol. The van der Waals surface area contributed by atoms with Gasteiger partial charge in [0.1, 0.15) is 0 Å². The van der Waals surface area contributed by atoms with Crippen molar-refractivity contribution in [2.75, 3.05) is 44.2 Å². The van der Waals surface area contributed by atoms with Crippen LogP contribution < -0.4 is 4.90 Å². The number of aromatic nitrogens is 2. The lowest BCUT2D eigenvalue weighted by molar-refractivity contribution is -0.141. The van der Waals surface area contributed by atoms with E-state index in [0.717, 1.165) is 77.2 Å². The number of imide groups is 1. The molecule has 3 aliphatic rings. The van der Waals surface area contributed by atoms with Crippen molar-refractivity contribution >= 4 is 30.2 Å². The van der Waals surface area contributed by atoms with Gasteiger partial charge in [-0.05, 0) is 52.1 Å². The van der Waals surface area contributed by atoms with Gasteiger partial charge in [0.2, 0.25) is 17.8 Å². The number of hydrogen-bond donors (Lipinski definition) is 0. The van der Waals surface area contributed by atoms with Crippen molar-refractivity contribution in [3.8, 4) is 0 Å². The SMILES string of the molecule is CC12CCCCC1(C)C(=O)N(CCCCN1CCN(c3ncccn3)CC1)C2=O.Cl. The van der Waals surface area contributed by atoms with Gasteiger partial charge in [-0.2, -0.15) is 0 Å². The van der Waals surface area contributed by atoms with Crippen LogP contribution in [0.15, 0.2) is 18.5 Å². The first kappa shape index (κ1) is 22.9. The molecule has 1 aromatic heterocycles. The van der Waals surface area contributed by atoms with Crippen LogP contribution in [0.3, 0.4) is 0 Å². The Hall–Kier alpha value is -1.73. The first-order chi connectivity index (χ1) is 14.0. The Bertz CT molecular complexity index is 725. The molecule has 2 unspecified atom stereocenters. The zero-order chi connectivity index (χ0) is 20.5. The molecule has 2 aliphatic heterocycles. The molecule has 3 heterocycles. The number of carbonyl (C=O) groups is 2. The Labute approximate surface area is 185 Å². The van der Waals surface area contributed by atoms with Gasteiger partial charge in [-0.3, -0.25) is 19.4 Å². The van der Waals surface area contributed by atoms with Crippen LogP contribution in [0.2, 0.25) is 0 Å². The van der Waals surface area contributed by atoms with Crippen LogP contribution in [0.5, 0.6) is 0 Å². The van der Waals surface area contributed by atoms with E-state index in [-0.39, 0.29) is 24.2 Å². The van der Waals surface area contributed by atoms with E-state index in [1.807, 2.05) is 19.9 Å². The van der Waals surface area contributed by atoms with Gasteiger partial charge < -0.3 is 4.90 Å². The molecular formula is C22H34ClN5O2. The molecule has 0 bridgehead atoms. The van der Waals surface area contributed by atoms with Crippen LogP contribution in [-0.4, -0.2) is 70.9 Å². The molecule has 0 N–H and O–H groups in total. The first-order valence-electron chi connectivity index (χ1n) is 11.1. The van der Waals surface area contributed by atoms with Crippen molar-refractivity contribution < 1.29 is 9.59 Å². The maximum Gasteiger partial charge on any atom is 0.236 e. The quantitative estimate of drug-likeness (QED) is 0.505. The molecule has 0 aromatic carbocycles. The Morgan fingerprint density at radius 2 is 1.40 bits per heavy atom. The topological polar surface area (TPSA) is 69.6 Å². The second-order valence-corrected chi connectivity index (χ2v) is 9.22. The Kier molecular flexibility index (Phi) is 7.02. The molecule has 1 saturated carbocycles. The number of unbranched alkanes of at least 4 members (excludes halogenated alkanes) is 1. The lowest BCUT2D eigenvalue weighted by Gasteiger charge is -2.40. The van der Waals surface area contributed by atoms with Crippen molar-refractivity contribution in [2.24, 2.45) is 10.8 Å². The zero-order valence-corrected chi connectivity index (χ0v) is 19.0. The molecule has 2 amide bonds. The van der Waals surface area contributed by atoms with E-state index in [2.05, 4.69) is 19.8 Å². The minimum atomic E-state index is -0.488. The van der Waals surface area contributed by atoms with Gasteiger partial charge in [0, 0.05) is 45.1 Å². The Balaban J connectivity index is 0.00000256. The summed E-state index contributed by atoms with van der Waals surface area (Å²) in [4.78, 5) is 41.0. The van der Waals surface area contributed by atoms with Crippen molar-refractivity contribution in [1.82, 2.24) is 19.8 Å². The van der Waals surface area contributed by atoms with Crippen LogP contribution in [0.4, 0.5) is 5.95 Å². The average molecular weight is 436 g/mol. The van der Waals surface area contributed by atoms with E-state index in [4.69, 9.17) is 0 Å². The Morgan fingerprint density at radius 3 is 1.97 bits per heavy atom. The summed E-state index contributed by atoms with van der Waals surface area (Å²) in [5, 5.41) is 0. The lowest BCUT2D eigenvalue weighted by Crippen LogP contribution is -2.47. The molecule has 2 saturated heterocycles. The van der Waals surface area contributed by atoms with E-state index in [1.54, 1.807) is 17.3 Å². The highest BCUT2D eigenvalue weighted by Gasteiger charge is 2.64. The van der Waals surface area contributed by atoms with E-state index in [0.29, 0.717) is 6.54 Å². The fourth-order valence-corrected chi connectivity index (χ4v) is 5.32. The third-order valence-corrected chi connectivity index (χ3v) is 7.57. The monoisotopic (exact) mass is 435 g/mol. The molecule has 4 rings (SSSR count). The molecule has 7 nitrogen and oxygen atoms in total. The van der Waals surface area contributed by atoms with Crippen LogP contribution in [0.1, 0.15) is 52.4 Å². The average Bonchev–Trinajstić information content (AvgIpc) is 2.90. The highest BCUT2D eigenvalue weighted by atomic mass is 35.5. The molecule has 166 valence electrons. The predicted octanol–water partition coefficient (Wildman–Crippen LogP) is 2.76. The minimum absolute atomic E-state index is 0. The smallest absolute Gasteiger partial charge is 0.236 e. The number of rotatable bonds is 6. The fourth-order valence-electron chi connectivity index (χ4n) is 5.32. The maximum absolute atomic E-state index is 13.0. The number of halogens is 1. The van der Waals surface area contributed by atoms with Crippen molar-refractivity contribution in [1.29, 1.82) is 0 Å². The molecule has 3 fully saturated rings. The number of fused-ring (bicyclic) bond motifs is 1. The number of amides is 2. The largest absolute Gasteiger partial charge is 0.338 e. The summed E-state index contributed by atoms with van der Waals surface area (Å²) in [5.74, 6) is 0.948. The van der Waals surface area contributed by atoms with Gasteiger partial charge in [0.25, 0.3) is 0 Å². The highest BCUT2D eigenvalue weighted by molar-refractivity contribution is 6.09. The second kappa shape index (κ2) is 9.18. The van der Waals surface area contributed by atoms with Gasteiger partial charge in [0.05, 0.1) is 10.8 Å². The summed E-state index contributed by atoms with van der Waals surface area (Å²) in [5.41, 5.74) is -0.976. The highest BCUT2D eigenvalue weighted by Crippen LogP contribution is 2.56. The summed E-state index contributed by atoms with van der Waals surface area (Å²) in [6, 6.07) is 1.84. The number of carbonyl (C=O) groups excluding carboxylic acids is 2. The van der Waals surface area contributed by atoms with E-state index in [9.17, 15) is 9.59 Å². The third-order valence-electron chi connectivity index (χ3n) is 7.57. The summed E-state index contributed by atoms with van der Waals surface area (Å²) >= 11 is 0. The third kappa shape index (κ3) is 3.94. The fraction of sp³-hybridized carbons (Fsp3) is 0.727. The number of anilines is 1. The summed E-state index contributed by atoms with van der Waals surface area (Å²) < 4.78 is 0. The second-order valence-electron chi connectivity index (χ2n) is 9.22. The molecule has 1 aromatic rings. The van der Waals surface area contributed by atoms with Gasteiger partial charge in [0.15, 0.2) is 0 Å². The van der Waals surface area contributed by atoms with Gasteiger partial charge in [-0.15, -0.1) is 12.4 Å². The first-order valence-corrected chi connectivity index (χ1v) is 11.1. The summed E-state index contributed by atoms with van der Waals surface area (Å²) in [6.45, 7) is 9.47. The molecule has 2 atom stereocenters. The number of hydrogen-bond acceptors (Lipinski definition) is 6. The van der Waals surface area contributed by atoms with Crippen molar-refractivity contribution in [3.05, 3.63) is 18.5 Å². The van der Waals surface area contributed by atoms with Gasteiger partial charge in [-0.25, -0.2) is 9.97 Å². The Morgan fingerprint density at radius 1 is 0.867 bits per heavy atom. The predicted molar refractivity (Wildman–Crippen MR) is 119 cm³/mol.